The standard InChI is InChI=1S/C15H28N2O3/c1-12-3-5-15(19,6-4-12)11-16-13(2)14(18)17-7-9-20-10-8-17/h12-13,16,19H,3-11H2,1-2H3. The normalized spacial score (nSPS) is 33.0. The van der Waals surface area contributed by atoms with Gasteiger partial charge in [0.2, 0.25) is 5.91 Å². The van der Waals surface area contributed by atoms with E-state index < -0.39 is 5.60 Å². The van der Waals surface area contributed by atoms with Gasteiger partial charge in [-0.05, 0) is 38.5 Å². The molecule has 1 saturated carbocycles. The Labute approximate surface area is 121 Å². The van der Waals surface area contributed by atoms with E-state index >= 15 is 0 Å². The minimum absolute atomic E-state index is 0.112. The zero-order valence-electron chi connectivity index (χ0n) is 12.7. The van der Waals surface area contributed by atoms with Crippen LogP contribution in [0.15, 0.2) is 0 Å². The van der Waals surface area contributed by atoms with Crippen LogP contribution in [0.1, 0.15) is 39.5 Å². The quantitative estimate of drug-likeness (QED) is 0.800. The number of nitrogens with zero attached hydrogens (tertiary/aromatic N) is 1. The molecule has 1 aliphatic carbocycles. The molecule has 116 valence electrons. The minimum Gasteiger partial charge on any atom is -0.389 e. The molecule has 0 aromatic carbocycles. The van der Waals surface area contributed by atoms with Gasteiger partial charge in [-0.1, -0.05) is 6.92 Å². The summed E-state index contributed by atoms with van der Waals surface area (Å²) in [6.45, 7) is 7.22. The molecule has 0 radical (unpaired) electrons. The fourth-order valence-corrected chi connectivity index (χ4v) is 2.96. The second kappa shape index (κ2) is 6.87. The lowest BCUT2D eigenvalue weighted by atomic mass is 9.79. The lowest BCUT2D eigenvalue weighted by Gasteiger charge is -2.36. The van der Waals surface area contributed by atoms with E-state index in [0.717, 1.165) is 25.7 Å². The van der Waals surface area contributed by atoms with E-state index in [-0.39, 0.29) is 11.9 Å². The minimum atomic E-state index is -0.633. The average Bonchev–Trinajstić information content (AvgIpc) is 2.48. The molecule has 1 heterocycles. The summed E-state index contributed by atoms with van der Waals surface area (Å²) in [5.41, 5.74) is -0.633. The van der Waals surface area contributed by atoms with Crippen LogP contribution in [-0.2, 0) is 9.53 Å². The number of carbonyl (C=O) groups is 1. The highest BCUT2D eigenvalue weighted by Crippen LogP contribution is 2.31. The first-order chi connectivity index (χ1) is 9.50. The number of aliphatic hydroxyl groups is 1. The summed E-state index contributed by atoms with van der Waals surface area (Å²) in [5.74, 6) is 0.823. The third kappa shape index (κ3) is 4.17. The van der Waals surface area contributed by atoms with Gasteiger partial charge < -0.3 is 20.1 Å². The summed E-state index contributed by atoms with van der Waals surface area (Å²) in [5, 5.41) is 13.7. The fraction of sp³-hybridized carbons (Fsp3) is 0.933. The number of nitrogens with one attached hydrogen (secondary N) is 1. The van der Waals surface area contributed by atoms with Crippen molar-refractivity contribution in [2.45, 2.75) is 51.2 Å². The first-order valence-corrected chi connectivity index (χ1v) is 7.82. The average molecular weight is 284 g/mol. The second-order valence-corrected chi connectivity index (χ2v) is 6.45. The molecule has 1 atom stereocenters. The van der Waals surface area contributed by atoms with Gasteiger partial charge in [0, 0.05) is 19.6 Å². The van der Waals surface area contributed by atoms with Crippen LogP contribution in [0, 0.1) is 5.92 Å². The highest BCUT2D eigenvalue weighted by molar-refractivity contribution is 5.81. The molecule has 2 fully saturated rings. The van der Waals surface area contributed by atoms with E-state index in [9.17, 15) is 9.90 Å². The maximum absolute atomic E-state index is 12.3. The van der Waals surface area contributed by atoms with Crippen LogP contribution >= 0.6 is 0 Å². The molecule has 0 aromatic heterocycles. The number of hydrogen-bond acceptors (Lipinski definition) is 4. The maximum Gasteiger partial charge on any atom is 0.239 e. The Morgan fingerprint density at radius 2 is 2.00 bits per heavy atom. The number of morpholine rings is 1. The highest BCUT2D eigenvalue weighted by Gasteiger charge is 2.33. The third-order valence-electron chi connectivity index (χ3n) is 4.64. The number of carbonyl (C=O) groups excluding carboxylic acids is 1. The van der Waals surface area contributed by atoms with Crippen molar-refractivity contribution in [3.63, 3.8) is 0 Å². The SMILES string of the molecule is CC1CCC(O)(CNC(C)C(=O)N2CCOCC2)CC1. The van der Waals surface area contributed by atoms with Crippen LogP contribution < -0.4 is 5.32 Å². The topological polar surface area (TPSA) is 61.8 Å². The first kappa shape index (κ1) is 15.7. The van der Waals surface area contributed by atoms with Gasteiger partial charge >= 0.3 is 0 Å². The van der Waals surface area contributed by atoms with E-state index in [1.54, 1.807) is 0 Å². The molecule has 5 nitrogen and oxygen atoms in total. The second-order valence-electron chi connectivity index (χ2n) is 6.45. The molecule has 2 N–H and O–H groups in total. The predicted octanol–water partition coefficient (Wildman–Crippen LogP) is 0.764. The van der Waals surface area contributed by atoms with Crippen molar-refractivity contribution in [2.24, 2.45) is 5.92 Å². The van der Waals surface area contributed by atoms with Gasteiger partial charge in [-0.25, -0.2) is 0 Å². The van der Waals surface area contributed by atoms with Crippen LogP contribution in [-0.4, -0.2) is 60.4 Å². The molecule has 1 unspecified atom stereocenters. The highest BCUT2D eigenvalue weighted by atomic mass is 16.5. The lowest BCUT2D eigenvalue weighted by molar-refractivity contribution is -0.137. The zero-order valence-corrected chi connectivity index (χ0v) is 12.7. The fourth-order valence-electron chi connectivity index (χ4n) is 2.96. The van der Waals surface area contributed by atoms with Crippen molar-refractivity contribution in [1.82, 2.24) is 10.2 Å². The van der Waals surface area contributed by atoms with E-state index in [2.05, 4.69) is 12.2 Å². The Morgan fingerprint density at radius 3 is 2.60 bits per heavy atom. The first-order valence-electron chi connectivity index (χ1n) is 7.82. The smallest absolute Gasteiger partial charge is 0.239 e. The molecule has 5 heteroatoms. The van der Waals surface area contributed by atoms with Gasteiger partial charge in [-0.2, -0.15) is 0 Å². The zero-order chi connectivity index (χ0) is 14.6. The van der Waals surface area contributed by atoms with Crippen molar-refractivity contribution in [2.75, 3.05) is 32.8 Å². The summed E-state index contributed by atoms with van der Waals surface area (Å²) in [4.78, 5) is 14.1. The number of amides is 1. The Morgan fingerprint density at radius 1 is 1.40 bits per heavy atom. The van der Waals surface area contributed by atoms with Gasteiger partial charge in [0.25, 0.3) is 0 Å². The summed E-state index contributed by atoms with van der Waals surface area (Å²) >= 11 is 0. The van der Waals surface area contributed by atoms with E-state index in [4.69, 9.17) is 4.74 Å². The van der Waals surface area contributed by atoms with Crippen LogP contribution in [0.3, 0.4) is 0 Å². The summed E-state index contributed by atoms with van der Waals surface area (Å²) < 4.78 is 5.26. The molecule has 0 aromatic rings. The molecule has 20 heavy (non-hydrogen) atoms. The van der Waals surface area contributed by atoms with Gasteiger partial charge in [0.1, 0.15) is 0 Å². The summed E-state index contributed by atoms with van der Waals surface area (Å²) in [6.07, 6.45) is 3.81. The van der Waals surface area contributed by atoms with Gasteiger partial charge in [-0.15, -0.1) is 0 Å². The molecule has 2 aliphatic rings. The summed E-state index contributed by atoms with van der Waals surface area (Å²) in [6, 6.07) is -0.239. The van der Waals surface area contributed by atoms with E-state index in [1.807, 2.05) is 11.8 Å². The predicted molar refractivity (Wildman–Crippen MR) is 77.4 cm³/mol. The van der Waals surface area contributed by atoms with E-state index in [1.165, 1.54) is 0 Å². The number of hydrogen-bond donors (Lipinski definition) is 2. The molecule has 0 spiro atoms. The molecule has 2 rings (SSSR count). The number of rotatable bonds is 4. The Kier molecular flexibility index (Phi) is 5.41. The van der Waals surface area contributed by atoms with Crippen LogP contribution in [0.4, 0.5) is 0 Å². The lowest BCUT2D eigenvalue weighted by Crippen LogP contribution is -2.53. The summed E-state index contributed by atoms with van der Waals surface area (Å²) in [7, 11) is 0. The molecule has 1 saturated heterocycles. The molecular formula is C15H28N2O3. The van der Waals surface area contributed by atoms with Crippen molar-refractivity contribution < 1.29 is 14.6 Å². The van der Waals surface area contributed by atoms with Gasteiger partial charge in [0.15, 0.2) is 0 Å². The molecule has 1 aliphatic heterocycles. The van der Waals surface area contributed by atoms with Crippen LogP contribution in [0.2, 0.25) is 0 Å². The van der Waals surface area contributed by atoms with Gasteiger partial charge in [0.05, 0.1) is 24.9 Å². The van der Waals surface area contributed by atoms with E-state index in [0.29, 0.717) is 38.8 Å². The maximum atomic E-state index is 12.3. The number of ether oxygens (including phenoxy) is 1. The van der Waals surface area contributed by atoms with Crippen LogP contribution in [0.5, 0.6) is 0 Å². The van der Waals surface area contributed by atoms with Gasteiger partial charge in [-0.3, -0.25) is 4.79 Å². The third-order valence-corrected chi connectivity index (χ3v) is 4.64. The monoisotopic (exact) mass is 284 g/mol. The van der Waals surface area contributed by atoms with Crippen molar-refractivity contribution in [3.8, 4) is 0 Å². The van der Waals surface area contributed by atoms with Crippen molar-refractivity contribution in [3.05, 3.63) is 0 Å². The Hall–Kier alpha value is -0.650. The molecular weight excluding hydrogens is 256 g/mol. The van der Waals surface area contributed by atoms with Crippen molar-refractivity contribution >= 4 is 5.91 Å². The molecule has 0 bridgehead atoms. The van der Waals surface area contributed by atoms with Crippen molar-refractivity contribution in [1.29, 1.82) is 0 Å². The largest absolute Gasteiger partial charge is 0.389 e. The van der Waals surface area contributed by atoms with Crippen LogP contribution in [0.25, 0.3) is 0 Å². The Balaban J connectivity index is 1.76. The molecule has 1 amide bonds. The Bertz CT molecular complexity index is 321.